The van der Waals surface area contributed by atoms with Crippen molar-refractivity contribution < 1.29 is 22.7 Å². The predicted octanol–water partition coefficient (Wildman–Crippen LogP) is 2.59. The number of nitrogens with one attached hydrogen (secondary N) is 1. The van der Waals surface area contributed by atoms with Crippen LogP contribution in [0.1, 0.15) is 29.8 Å². The van der Waals surface area contributed by atoms with Crippen LogP contribution in [0, 0.1) is 0 Å². The van der Waals surface area contributed by atoms with Gasteiger partial charge in [0.15, 0.2) is 0 Å². The molecule has 1 aliphatic rings. The maximum Gasteiger partial charge on any atom is 0.405 e. The standard InChI is InChI=1S/C16H21F3N2O2/c1-11-7-21(8-12(2)23-11)9-13-3-5-14(6-4-13)15(22)20-10-16(17,18)19/h3-6,11-12H,7-10H2,1-2H3,(H,20,22)/t11-,12-/m1/s1. The van der Waals surface area contributed by atoms with Gasteiger partial charge in [-0.1, -0.05) is 12.1 Å². The molecule has 1 heterocycles. The highest BCUT2D eigenvalue weighted by Crippen LogP contribution is 2.15. The van der Waals surface area contributed by atoms with E-state index in [1.165, 1.54) is 0 Å². The third kappa shape index (κ3) is 5.84. The van der Waals surface area contributed by atoms with Crippen molar-refractivity contribution >= 4 is 5.91 Å². The van der Waals surface area contributed by atoms with E-state index in [0.717, 1.165) is 25.2 Å². The Morgan fingerprint density at radius 2 is 1.78 bits per heavy atom. The van der Waals surface area contributed by atoms with Crippen molar-refractivity contribution in [3.8, 4) is 0 Å². The number of hydrogen-bond acceptors (Lipinski definition) is 3. The van der Waals surface area contributed by atoms with Crippen molar-refractivity contribution in [3.63, 3.8) is 0 Å². The Kier molecular flexibility index (Phi) is 5.64. The molecule has 4 nitrogen and oxygen atoms in total. The Bertz CT molecular complexity index is 521. The van der Waals surface area contributed by atoms with Gasteiger partial charge in [-0.25, -0.2) is 0 Å². The average Bonchev–Trinajstić information content (AvgIpc) is 2.43. The van der Waals surface area contributed by atoms with Crippen LogP contribution in [0.5, 0.6) is 0 Å². The second-order valence-corrected chi connectivity index (χ2v) is 5.95. The molecule has 0 aromatic heterocycles. The van der Waals surface area contributed by atoms with Gasteiger partial charge in [0.05, 0.1) is 12.2 Å². The molecule has 1 aromatic rings. The summed E-state index contributed by atoms with van der Waals surface area (Å²) >= 11 is 0. The molecular weight excluding hydrogens is 309 g/mol. The molecule has 0 saturated carbocycles. The van der Waals surface area contributed by atoms with Crippen LogP contribution in [0.4, 0.5) is 13.2 Å². The van der Waals surface area contributed by atoms with Gasteiger partial charge in [-0.3, -0.25) is 9.69 Å². The Hall–Kier alpha value is -1.60. The highest BCUT2D eigenvalue weighted by atomic mass is 19.4. The lowest BCUT2D eigenvalue weighted by Gasteiger charge is -2.35. The van der Waals surface area contributed by atoms with Gasteiger partial charge in [0.25, 0.3) is 5.91 Å². The third-order valence-corrected chi connectivity index (χ3v) is 3.57. The highest BCUT2D eigenvalue weighted by molar-refractivity contribution is 5.94. The zero-order valence-electron chi connectivity index (χ0n) is 13.2. The number of carbonyl (C=O) groups is 1. The molecule has 23 heavy (non-hydrogen) atoms. The molecule has 0 spiro atoms. The molecule has 1 N–H and O–H groups in total. The van der Waals surface area contributed by atoms with Crippen molar-refractivity contribution in [2.75, 3.05) is 19.6 Å². The summed E-state index contributed by atoms with van der Waals surface area (Å²) in [5.74, 6) is -0.720. The number of amides is 1. The molecule has 1 aliphatic heterocycles. The van der Waals surface area contributed by atoms with Gasteiger partial charge >= 0.3 is 6.18 Å². The number of alkyl halides is 3. The van der Waals surface area contributed by atoms with E-state index in [2.05, 4.69) is 4.90 Å². The van der Waals surface area contributed by atoms with E-state index >= 15 is 0 Å². The predicted molar refractivity (Wildman–Crippen MR) is 80.1 cm³/mol. The zero-order chi connectivity index (χ0) is 17.0. The summed E-state index contributed by atoms with van der Waals surface area (Å²) < 4.78 is 41.9. The number of hydrogen-bond donors (Lipinski definition) is 1. The van der Waals surface area contributed by atoms with E-state index < -0.39 is 18.6 Å². The van der Waals surface area contributed by atoms with Gasteiger partial charge in [0.1, 0.15) is 6.54 Å². The summed E-state index contributed by atoms with van der Waals surface area (Å²) in [5.41, 5.74) is 1.24. The lowest BCUT2D eigenvalue weighted by molar-refractivity contribution is -0.123. The number of benzene rings is 1. The average molecular weight is 330 g/mol. The number of morpholine rings is 1. The highest BCUT2D eigenvalue weighted by Gasteiger charge is 2.28. The molecule has 7 heteroatoms. The first-order valence-corrected chi connectivity index (χ1v) is 7.54. The fraction of sp³-hybridized carbons (Fsp3) is 0.562. The van der Waals surface area contributed by atoms with E-state index in [4.69, 9.17) is 4.74 Å². The fourth-order valence-corrected chi connectivity index (χ4v) is 2.72. The Morgan fingerprint density at radius 3 is 2.30 bits per heavy atom. The summed E-state index contributed by atoms with van der Waals surface area (Å²) in [7, 11) is 0. The van der Waals surface area contributed by atoms with Crippen molar-refractivity contribution in [3.05, 3.63) is 35.4 Å². The molecule has 1 saturated heterocycles. The minimum Gasteiger partial charge on any atom is -0.373 e. The summed E-state index contributed by atoms with van der Waals surface area (Å²) in [6.45, 7) is 5.11. The van der Waals surface area contributed by atoms with E-state index in [0.29, 0.717) is 0 Å². The van der Waals surface area contributed by atoms with Crippen LogP contribution in [0.3, 0.4) is 0 Å². The lowest BCUT2D eigenvalue weighted by atomic mass is 10.1. The third-order valence-electron chi connectivity index (χ3n) is 3.57. The Morgan fingerprint density at radius 1 is 1.22 bits per heavy atom. The van der Waals surface area contributed by atoms with Crippen molar-refractivity contribution in [2.24, 2.45) is 0 Å². The smallest absolute Gasteiger partial charge is 0.373 e. The molecule has 1 aromatic carbocycles. The minimum atomic E-state index is -4.40. The molecule has 0 aliphatic carbocycles. The van der Waals surface area contributed by atoms with Gasteiger partial charge in [0, 0.05) is 25.2 Å². The molecule has 1 fully saturated rings. The topological polar surface area (TPSA) is 41.6 Å². The SMILES string of the molecule is C[C@@H]1CN(Cc2ccc(C(=O)NCC(F)(F)F)cc2)C[C@@H](C)O1. The quantitative estimate of drug-likeness (QED) is 0.923. The summed E-state index contributed by atoms with van der Waals surface area (Å²) in [5, 5.41) is 1.86. The first-order chi connectivity index (χ1) is 10.7. The second-order valence-electron chi connectivity index (χ2n) is 5.95. The van der Waals surface area contributed by atoms with Crippen molar-refractivity contribution in [1.29, 1.82) is 0 Å². The maximum atomic E-state index is 12.1. The molecule has 0 unspecified atom stereocenters. The van der Waals surface area contributed by atoms with Gasteiger partial charge in [-0.2, -0.15) is 13.2 Å². The Labute approximate surface area is 133 Å². The monoisotopic (exact) mass is 330 g/mol. The van der Waals surface area contributed by atoms with Crippen LogP contribution in [0.2, 0.25) is 0 Å². The number of rotatable bonds is 4. The van der Waals surface area contributed by atoms with Crippen LogP contribution in [-0.2, 0) is 11.3 Å². The van der Waals surface area contributed by atoms with E-state index in [1.807, 2.05) is 19.2 Å². The van der Waals surface area contributed by atoms with Crippen molar-refractivity contribution in [1.82, 2.24) is 10.2 Å². The molecule has 2 atom stereocenters. The second kappa shape index (κ2) is 7.31. The van der Waals surface area contributed by atoms with Crippen LogP contribution in [0.15, 0.2) is 24.3 Å². The van der Waals surface area contributed by atoms with E-state index in [9.17, 15) is 18.0 Å². The van der Waals surface area contributed by atoms with Crippen LogP contribution in [0.25, 0.3) is 0 Å². The van der Waals surface area contributed by atoms with Gasteiger partial charge in [0.2, 0.25) is 0 Å². The minimum absolute atomic E-state index is 0.172. The maximum absolute atomic E-state index is 12.1. The number of carbonyl (C=O) groups excluding carboxylic acids is 1. The first-order valence-electron chi connectivity index (χ1n) is 7.54. The molecule has 128 valence electrons. The molecule has 1 amide bonds. The number of halogens is 3. The lowest BCUT2D eigenvalue weighted by Crippen LogP contribution is -2.44. The largest absolute Gasteiger partial charge is 0.405 e. The first kappa shape index (κ1) is 17.7. The van der Waals surface area contributed by atoms with Gasteiger partial charge in [-0.15, -0.1) is 0 Å². The zero-order valence-corrected chi connectivity index (χ0v) is 13.2. The normalized spacial score (nSPS) is 22.8. The molecular formula is C16H21F3N2O2. The summed E-state index contributed by atoms with van der Waals surface area (Å²) in [4.78, 5) is 13.9. The molecule has 2 rings (SSSR count). The Balaban J connectivity index is 1.90. The van der Waals surface area contributed by atoms with Crippen LogP contribution >= 0.6 is 0 Å². The van der Waals surface area contributed by atoms with E-state index in [-0.39, 0.29) is 17.8 Å². The summed E-state index contributed by atoms with van der Waals surface area (Å²) in [6.07, 6.45) is -4.06. The van der Waals surface area contributed by atoms with Crippen LogP contribution in [-0.4, -0.2) is 48.8 Å². The number of ether oxygens (including phenoxy) is 1. The number of nitrogens with zero attached hydrogens (tertiary/aromatic N) is 1. The molecule has 0 bridgehead atoms. The molecule has 0 radical (unpaired) electrons. The van der Waals surface area contributed by atoms with Crippen molar-refractivity contribution in [2.45, 2.75) is 38.8 Å². The summed E-state index contributed by atoms with van der Waals surface area (Å²) in [6, 6.07) is 6.64. The fourth-order valence-electron chi connectivity index (χ4n) is 2.72. The van der Waals surface area contributed by atoms with Gasteiger partial charge in [-0.05, 0) is 31.5 Å². The van der Waals surface area contributed by atoms with E-state index in [1.54, 1.807) is 24.3 Å². The van der Waals surface area contributed by atoms with Crippen LogP contribution < -0.4 is 5.32 Å². The van der Waals surface area contributed by atoms with Gasteiger partial charge < -0.3 is 10.1 Å².